The molecule has 0 radical (unpaired) electrons. The first-order valence-electron chi connectivity index (χ1n) is 4.10. The number of nitrogens with one attached hydrogen (secondary N) is 1. The highest BCUT2D eigenvalue weighted by Gasteiger charge is 2.10. The number of aliphatic hydroxyl groups excluding tert-OH is 1. The SMILES string of the molecule is CC(O)c1nc2cc(Cl)c(F)cc2[nH]1. The second kappa shape index (κ2) is 3.22. The van der Waals surface area contributed by atoms with Gasteiger partial charge in [0.05, 0.1) is 16.1 Å². The van der Waals surface area contributed by atoms with Gasteiger partial charge in [-0.25, -0.2) is 9.37 Å². The fourth-order valence-corrected chi connectivity index (χ4v) is 1.38. The number of aliphatic hydroxyl groups is 1. The minimum Gasteiger partial charge on any atom is -0.385 e. The molecule has 0 amide bonds. The number of H-pyrrole nitrogens is 1. The van der Waals surface area contributed by atoms with E-state index in [1.54, 1.807) is 6.92 Å². The molecule has 1 aromatic carbocycles. The van der Waals surface area contributed by atoms with E-state index in [1.165, 1.54) is 12.1 Å². The van der Waals surface area contributed by atoms with E-state index in [1.807, 2.05) is 0 Å². The van der Waals surface area contributed by atoms with E-state index in [0.717, 1.165) is 0 Å². The molecule has 2 aromatic rings. The monoisotopic (exact) mass is 214 g/mol. The summed E-state index contributed by atoms with van der Waals surface area (Å²) in [6.07, 6.45) is -0.704. The molecular formula is C9H8ClFN2O. The van der Waals surface area contributed by atoms with Gasteiger partial charge >= 0.3 is 0 Å². The molecule has 14 heavy (non-hydrogen) atoms. The first kappa shape index (κ1) is 9.43. The lowest BCUT2D eigenvalue weighted by Gasteiger charge is -1.95. The zero-order valence-corrected chi connectivity index (χ0v) is 8.14. The van der Waals surface area contributed by atoms with Crippen molar-refractivity contribution in [3.63, 3.8) is 0 Å². The molecule has 0 saturated heterocycles. The fraction of sp³-hybridized carbons (Fsp3) is 0.222. The summed E-state index contributed by atoms with van der Waals surface area (Å²) in [6.45, 7) is 1.58. The highest BCUT2D eigenvalue weighted by Crippen LogP contribution is 2.22. The lowest BCUT2D eigenvalue weighted by Crippen LogP contribution is -1.92. The minimum absolute atomic E-state index is 0.0288. The van der Waals surface area contributed by atoms with Crippen molar-refractivity contribution in [2.45, 2.75) is 13.0 Å². The summed E-state index contributed by atoms with van der Waals surface area (Å²) in [5.41, 5.74) is 1.08. The van der Waals surface area contributed by atoms with Gasteiger partial charge < -0.3 is 10.1 Å². The molecule has 0 aliphatic carbocycles. The first-order valence-corrected chi connectivity index (χ1v) is 4.48. The van der Waals surface area contributed by atoms with Gasteiger partial charge in [-0.1, -0.05) is 11.6 Å². The summed E-state index contributed by atoms with van der Waals surface area (Å²) in [5, 5.41) is 9.27. The Morgan fingerprint density at radius 3 is 2.93 bits per heavy atom. The van der Waals surface area contributed by atoms with Crippen LogP contribution >= 0.6 is 11.6 Å². The van der Waals surface area contributed by atoms with Crippen molar-refractivity contribution in [3.05, 3.63) is 28.8 Å². The molecular weight excluding hydrogens is 207 g/mol. The van der Waals surface area contributed by atoms with E-state index in [4.69, 9.17) is 11.6 Å². The number of aromatic amines is 1. The van der Waals surface area contributed by atoms with Gasteiger partial charge in [-0.2, -0.15) is 0 Å². The fourth-order valence-electron chi connectivity index (χ4n) is 1.22. The van der Waals surface area contributed by atoms with Crippen LogP contribution in [0.2, 0.25) is 5.02 Å². The van der Waals surface area contributed by atoms with Crippen LogP contribution in [0, 0.1) is 5.82 Å². The lowest BCUT2D eigenvalue weighted by atomic mass is 10.3. The van der Waals surface area contributed by atoms with Crippen molar-refractivity contribution in [2.75, 3.05) is 0 Å². The molecule has 0 fully saturated rings. The van der Waals surface area contributed by atoms with Gasteiger partial charge in [-0.05, 0) is 13.0 Å². The third kappa shape index (κ3) is 1.47. The number of hydrogen-bond donors (Lipinski definition) is 2. The predicted octanol–water partition coefficient (Wildman–Crippen LogP) is 2.41. The molecule has 0 saturated carbocycles. The van der Waals surface area contributed by atoms with E-state index in [2.05, 4.69) is 9.97 Å². The largest absolute Gasteiger partial charge is 0.385 e. The van der Waals surface area contributed by atoms with Crippen LogP contribution in [0.5, 0.6) is 0 Å². The number of halogens is 2. The highest BCUT2D eigenvalue weighted by molar-refractivity contribution is 6.31. The summed E-state index contributed by atoms with van der Waals surface area (Å²) in [7, 11) is 0. The summed E-state index contributed by atoms with van der Waals surface area (Å²) in [4.78, 5) is 6.86. The zero-order valence-electron chi connectivity index (χ0n) is 7.38. The quantitative estimate of drug-likeness (QED) is 0.766. The standard InChI is InChI=1S/C9H8ClFN2O/c1-4(14)9-12-7-2-5(10)6(11)3-8(7)13-9/h2-4,14H,1H3,(H,12,13). The van der Waals surface area contributed by atoms with Crippen molar-refractivity contribution in [2.24, 2.45) is 0 Å². The Labute approximate surface area is 84.5 Å². The number of aromatic nitrogens is 2. The Morgan fingerprint density at radius 1 is 1.57 bits per heavy atom. The molecule has 3 nitrogen and oxygen atoms in total. The molecule has 0 aliphatic rings. The van der Waals surface area contributed by atoms with Crippen LogP contribution in [0.15, 0.2) is 12.1 Å². The molecule has 74 valence electrons. The molecule has 1 aromatic heterocycles. The summed E-state index contributed by atoms with van der Waals surface area (Å²) in [5.74, 6) is -0.0957. The molecule has 0 spiro atoms. The first-order chi connectivity index (χ1) is 6.58. The third-order valence-electron chi connectivity index (χ3n) is 1.94. The lowest BCUT2D eigenvalue weighted by molar-refractivity contribution is 0.190. The topological polar surface area (TPSA) is 48.9 Å². The second-order valence-corrected chi connectivity index (χ2v) is 3.49. The van der Waals surface area contributed by atoms with Crippen LogP contribution in [0.4, 0.5) is 4.39 Å². The molecule has 0 aliphatic heterocycles. The van der Waals surface area contributed by atoms with E-state index < -0.39 is 11.9 Å². The summed E-state index contributed by atoms with van der Waals surface area (Å²) in [6, 6.07) is 2.69. The average Bonchev–Trinajstić information content (AvgIpc) is 2.48. The van der Waals surface area contributed by atoms with Gasteiger partial charge in [0.2, 0.25) is 0 Å². The van der Waals surface area contributed by atoms with Crippen molar-refractivity contribution >= 4 is 22.6 Å². The Morgan fingerprint density at radius 2 is 2.29 bits per heavy atom. The normalized spacial score (nSPS) is 13.4. The van der Waals surface area contributed by atoms with Gasteiger partial charge in [0.15, 0.2) is 0 Å². The van der Waals surface area contributed by atoms with Crippen molar-refractivity contribution in [1.82, 2.24) is 9.97 Å². The number of nitrogens with zero attached hydrogens (tertiary/aromatic N) is 1. The van der Waals surface area contributed by atoms with Crippen molar-refractivity contribution < 1.29 is 9.50 Å². The smallest absolute Gasteiger partial charge is 0.144 e. The van der Waals surface area contributed by atoms with Gasteiger partial charge in [0.1, 0.15) is 17.7 Å². The third-order valence-corrected chi connectivity index (χ3v) is 2.23. The molecule has 2 N–H and O–H groups in total. The number of rotatable bonds is 1. The Bertz CT molecular complexity index is 442. The molecule has 1 heterocycles. The second-order valence-electron chi connectivity index (χ2n) is 3.08. The predicted molar refractivity (Wildman–Crippen MR) is 51.7 cm³/mol. The number of hydrogen-bond acceptors (Lipinski definition) is 2. The van der Waals surface area contributed by atoms with Crippen LogP contribution in [-0.4, -0.2) is 15.1 Å². The van der Waals surface area contributed by atoms with E-state index >= 15 is 0 Å². The Kier molecular flexibility index (Phi) is 2.17. The average molecular weight is 215 g/mol. The van der Waals surface area contributed by atoms with Crippen LogP contribution in [0.25, 0.3) is 11.0 Å². The molecule has 1 atom stereocenters. The van der Waals surface area contributed by atoms with Gasteiger partial charge in [0, 0.05) is 6.07 Å². The van der Waals surface area contributed by atoms with Gasteiger partial charge in [-0.3, -0.25) is 0 Å². The van der Waals surface area contributed by atoms with Crippen LogP contribution in [0.1, 0.15) is 18.9 Å². The Balaban J connectivity index is 2.66. The van der Waals surface area contributed by atoms with E-state index in [0.29, 0.717) is 16.9 Å². The minimum atomic E-state index is -0.704. The maximum Gasteiger partial charge on any atom is 0.144 e. The number of imidazole rings is 1. The maximum atomic E-state index is 13.0. The van der Waals surface area contributed by atoms with E-state index in [-0.39, 0.29) is 5.02 Å². The van der Waals surface area contributed by atoms with Gasteiger partial charge in [0.25, 0.3) is 0 Å². The maximum absolute atomic E-state index is 13.0. The Hall–Kier alpha value is -1.13. The van der Waals surface area contributed by atoms with Crippen LogP contribution < -0.4 is 0 Å². The number of benzene rings is 1. The van der Waals surface area contributed by atoms with Crippen molar-refractivity contribution in [1.29, 1.82) is 0 Å². The molecule has 2 rings (SSSR count). The summed E-state index contributed by atoms with van der Waals surface area (Å²) < 4.78 is 13.0. The van der Waals surface area contributed by atoms with E-state index in [9.17, 15) is 9.50 Å². The zero-order chi connectivity index (χ0) is 10.3. The van der Waals surface area contributed by atoms with Crippen LogP contribution in [0.3, 0.4) is 0 Å². The number of fused-ring (bicyclic) bond motifs is 1. The highest BCUT2D eigenvalue weighted by atomic mass is 35.5. The summed E-state index contributed by atoms with van der Waals surface area (Å²) >= 11 is 5.59. The molecule has 0 bridgehead atoms. The van der Waals surface area contributed by atoms with Gasteiger partial charge in [-0.15, -0.1) is 0 Å². The molecule has 1 unspecified atom stereocenters. The molecule has 5 heteroatoms. The van der Waals surface area contributed by atoms with Crippen LogP contribution in [-0.2, 0) is 0 Å². The van der Waals surface area contributed by atoms with Crippen molar-refractivity contribution in [3.8, 4) is 0 Å².